The van der Waals surface area contributed by atoms with Gasteiger partial charge in [-0.2, -0.15) is 0 Å². The third-order valence-corrected chi connectivity index (χ3v) is 3.46. The van der Waals surface area contributed by atoms with Crippen LogP contribution in [0.25, 0.3) is 0 Å². The van der Waals surface area contributed by atoms with Crippen molar-refractivity contribution in [3.05, 3.63) is 11.5 Å². The number of carbonyl (C=O) groups is 2. The molecule has 1 rings (SSSR count). The van der Waals surface area contributed by atoms with E-state index in [2.05, 4.69) is 16.2 Å². The SMILES string of the molecule is CCOC(=O)C1=C(NC)OCC1NNC(=O)CCCCCC(O)O. The smallest absolute Gasteiger partial charge is 0.341 e. The molecule has 0 saturated heterocycles. The predicted molar refractivity (Wildman–Crippen MR) is 85.0 cm³/mol. The topological polar surface area (TPSA) is 129 Å². The van der Waals surface area contributed by atoms with Gasteiger partial charge in [-0.05, 0) is 26.2 Å². The second kappa shape index (κ2) is 10.8. The van der Waals surface area contributed by atoms with Gasteiger partial charge in [0.1, 0.15) is 12.2 Å². The van der Waals surface area contributed by atoms with E-state index in [0.717, 1.165) is 6.42 Å². The molecule has 1 heterocycles. The molecule has 0 bridgehead atoms. The molecule has 0 spiro atoms. The first kappa shape index (κ1) is 20.2. The molecule has 1 aliphatic rings. The third kappa shape index (κ3) is 6.73. The standard InChI is InChI=1S/C15H27N3O6/c1-3-23-15(22)13-10(9-24-14(13)16-2)17-18-11(19)7-5-4-6-8-12(20)21/h10,12,16-17,20-21H,3-9H2,1-2H3,(H,18,19). The van der Waals surface area contributed by atoms with Crippen LogP contribution < -0.4 is 16.2 Å². The first-order chi connectivity index (χ1) is 11.5. The predicted octanol–water partition coefficient (Wildman–Crippen LogP) is -0.739. The number of unbranched alkanes of at least 4 members (excludes halogenated alkanes) is 2. The van der Waals surface area contributed by atoms with Gasteiger partial charge < -0.3 is 25.0 Å². The van der Waals surface area contributed by atoms with Crippen LogP contribution in [0.4, 0.5) is 0 Å². The molecular formula is C15H27N3O6. The number of amides is 1. The molecule has 0 aromatic heterocycles. The van der Waals surface area contributed by atoms with Crippen LogP contribution in [0.3, 0.4) is 0 Å². The summed E-state index contributed by atoms with van der Waals surface area (Å²) in [5, 5.41) is 20.2. The minimum atomic E-state index is -1.29. The first-order valence-corrected chi connectivity index (χ1v) is 8.11. The van der Waals surface area contributed by atoms with Crippen molar-refractivity contribution in [3.8, 4) is 0 Å². The fourth-order valence-corrected chi connectivity index (χ4v) is 2.27. The van der Waals surface area contributed by atoms with Gasteiger partial charge in [0.15, 0.2) is 12.2 Å². The van der Waals surface area contributed by atoms with Gasteiger partial charge in [-0.3, -0.25) is 10.2 Å². The van der Waals surface area contributed by atoms with Crippen LogP contribution in [0.2, 0.25) is 0 Å². The lowest BCUT2D eigenvalue weighted by molar-refractivity contribution is -0.139. The van der Waals surface area contributed by atoms with E-state index >= 15 is 0 Å². The molecule has 9 nitrogen and oxygen atoms in total. The molecule has 0 saturated carbocycles. The fourth-order valence-electron chi connectivity index (χ4n) is 2.27. The fraction of sp³-hybridized carbons (Fsp3) is 0.733. The number of esters is 1. The summed E-state index contributed by atoms with van der Waals surface area (Å²) < 4.78 is 10.4. The molecule has 138 valence electrons. The average molecular weight is 345 g/mol. The van der Waals surface area contributed by atoms with Crippen molar-refractivity contribution in [2.75, 3.05) is 20.3 Å². The van der Waals surface area contributed by atoms with E-state index in [-0.39, 0.29) is 19.1 Å². The van der Waals surface area contributed by atoms with Gasteiger partial charge in [-0.1, -0.05) is 6.42 Å². The highest BCUT2D eigenvalue weighted by atomic mass is 16.5. The van der Waals surface area contributed by atoms with E-state index in [0.29, 0.717) is 37.1 Å². The molecule has 0 aromatic carbocycles. The van der Waals surface area contributed by atoms with E-state index in [1.807, 2.05) is 0 Å². The number of aliphatic hydroxyl groups excluding tert-OH is 1. The normalized spacial score (nSPS) is 17.0. The van der Waals surface area contributed by atoms with Crippen LogP contribution in [0, 0.1) is 0 Å². The van der Waals surface area contributed by atoms with Gasteiger partial charge in [-0.15, -0.1) is 0 Å². The number of hydrazine groups is 1. The van der Waals surface area contributed by atoms with E-state index in [1.165, 1.54) is 0 Å². The average Bonchev–Trinajstić information content (AvgIpc) is 2.95. The van der Waals surface area contributed by atoms with Gasteiger partial charge in [-0.25, -0.2) is 10.2 Å². The first-order valence-electron chi connectivity index (χ1n) is 8.11. The van der Waals surface area contributed by atoms with E-state index in [4.69, 9.17) is 19.7 Å². The summed E-state index contributed by atoms with van der Waals surface area (Å²) >= 11 is 0. The van der Waals surface area contributed by atoms with Crippen molar-refractivity contribution < 1.29 is 29.3 Å². The Morgan fingerprint density at radius 2 is 2.08 bits per heavy atom. The molecule has 0 radical (unpaired) electrons. The van der Waals surface area contributed by atoms with Crippen molar-refractivity contribution >= 4 is 11.9 Å². The minimum absolute atomic E-state index is 0.207. The summed E-state index contributed by atoms with van der Waals surface area (Å²) in [4.78, 5) is 23.8. The number of nitrogens with one attached hydrogen (secondary N) is 3. The van der Waals surface area contributed by atoms with Crippen LogP contribution in [0.15, 0.2) is 11.5 Å². The Morgan fingerprint density at radius 1 is 1.33 bits per heavy atom. The molecule has 0 fully saturated rings. The maximum Gasteiger partial charge on any atom is 0.341 e. The highest BCUT2D eigenvalue weighted by Crippen LogP contribution is 2.18. The number of rotatable bonds is 11. The van der Waals surface area contributed by atoms with Crippen LogP contribution in [0.1, 0.15) is 39.0 Å². The van der Waals surface area contributed by atoms with E-state index in [1.54, 1.807) is 14.0 Å². The van der Waals surface area contributed by atoms with Crippen LogP contribution in [-0.4, -0.2) is 54.7 Å². The monoisotopic (exact) mass is 345 g/mol. The number of aliphatic hydroxyl groups is 2. The Hall–Kier alpha value is -1.84. The molecule has 0 aromatic rings. The van der Waals surface area contributed by atoms with Crippen LogP contribution >= 0.6 is 0 Å². The number of hydrogen-bond acceptors (Lipinski definition) is 8. The molecule has 1 aliphatic heterocycles. The molecule has 0 aliphatic carbocycles. The Kier molecular flexibility index (Phi) is 9.13. The summed E-state index contributed by atoms with van der Waals surface area (Å²) in [6, 6.07) is -0.486. The number of ether oxygens (including phenoxy) is 2. The molecule has 1 unspecified atom stereocenters. The van der Waals surface area contributed by atoms with Gasteiger partial charge >= 0.3 is 5.97 Å². The maximum atomic E-state index is 12.0. The summed E-state index contributed by atoms with van der Waals surface area (Å²) in [6.45, 7) is 2.17. The lowest BCUT2D eigenvalue weighted by Crippen LogP contribution is -2.47. The van der Waals surface area contributed by atoms with Gasteiger partial charge in [0.05, 0.1) is 12.6 Å². The van der Waals surface area contributed by atoms with Crippen molar-refractivity contribution in [3.63, 3.8) is 0 Å². The maximum absolute atomic E-state index is 12.0. The number of hydrogen-bond donors (Lipinski definition) is 5. The Bertz CT molecular complexity index is 452. The summed E-state index contributed by atoms with van der Waals surface area (Å²) in [5.41, 5.74) is 5.67. The van der Waals surface area contributed by atoms with Crippen LogP contribution in [-0.2, 0) is 19.1 Å². The van der Waals surface area contributed by atoms with Gasteiger partial charge in [0.25, 0.3) is 0 Å². The minimum Gasteiger partial charge on any atom is -0.477 e. The van der Waals surface area contributed by atoms with Crippen molar-refractivity contribution in [1.82, 2.24) is 16.2 Å². The molecular weight excluding hydrogens is 318 g/mol. The van der Waals surface area contributed by atoms with Crippen LogP contribution in [0.5, 0.6) is 0 Å². The summed E-state index contributed by atoms with van der Waals surface area (Å²) in [7, 11) is 1.64. The zero-order valence-electron chi connectivity index (χ0n) is 14.1. The van der Waals surface area contributed by atoms with Crippen molar-refractivity contribution in [2.45, 2.75) is 51.4 Å². The molecule has 5 N–H and O–H groups in total. The van der Waals surface area contributed by atoms with E-state index < -0.39 is 18.3 Å². The molecule has 1 atom stereocenters. The molecule has 24 heavy (non-hydrogen) atoms. The molecule has 1 amide bonds. The highest BCUT2D eigenvalue weighted by Gasteiger charge is 2.33. The Morgan fingerprint density at radius 3 is 2.71 bits per heavy atom. The second-order valence-electron chi connectivity index (χ2n) is 5.35. The van der Waals surface area contributed by atoms with Crippen molar-refractivity contribution in [1.29, 1.82) is 0 Å². The largest absolute Gasteiger partial charge is 0.477 e. The Labute approximate surface area is 141 Å². The molecule has 9 heteroatoms. The van der Waals surface area contributed by atoms with Gasteiger partial charge in [0, 0.05) is 13.5 Å². The summed E-state index contributed by atoms with van der Waals surface area (Å²) in [6.07, 6.45) is 1.34. The second-order valence-corrected chi connectivity index (χ2v) is 5.35. The summed E-state index contributed by atoms with van der Waals surface area (Å²) in [5.74, 6) is -0.364. The lowest BCUT2D eigenvalue weighted by atomic mass is 10.1. The van der Waals surface area contributed by atoms with Crippen molar-refractivity contribution in [2.24, 2.45) is 0 Å². The third-order valence-electron chi connectivity index (χ3n) is 3.46. The van der Waals surface area contributed by atoms with Gasteiger partial charge in [0.2, 0.25) is 5.91 Å². The lowest BCUT2D eigenvalue weighted by Gasteiger charge is -2.14. The number of carbonyl (C=O) groups excluding carboxylic acids is 2. The van der Waals surface area contributed by atoms with E-state index in [9.17, 15) is 9.59 Å². The Balaban J connectivity index is 2.36. The zero-order chi connectivity index (χ0) is 17.9. The zero-order valence-corrected chi connectivity index (χ0v) is 14.1. The highest BCUT2D eigenvalue weighted by molar-refractivity contribution is 5.91. The quantitative estimate of drug-likeness (QED) is 0.143.